The van der Waals surface area contributed by atoms with Gasteiger partial charge >= 0.3 is 7.60 Å². The molecule has 0 N–H and O–H groups in total. The molecule has 0 aliphatic carbocycles. The van der Waals surface area contributed by atoms with E-state index in [0.29, 0.717) is 6.61 Å². The third kappa shape index (κ3) is 4.73. The first-order valence-electron chi connectivity index (χ1n) is 4.85. The summed E-state index contributed by atoms with van der Waals surface area (Å²) in [5.41, 5.74) is 0. The minimum absolute atomic E-state index is 0.142. The highest BCUT2D eigenvalue weighted by Crippen LogP contribution is 2.53. The van der Waals surface area contributed by atoms with E-state index in [1.165, 1.54) is 6.92 Å². The Morgan fingerprint density at radius 2 is 1.67 bits per heavy atom. The molecule has 90 valence electrons. The number of hydrogen-bond donors (Lipinski definition) is 0. The van der Waals surface area contributed by atoms with Crippen LogP contribution in [0.3, 0.4) is 0 Å². The summed E-state index contributed by atoms with van der Waals surface area (Å²) in [7, 11) is -5.49. The van der Waals surface area contributed by atoms with Gasteiger partial charge in [0.05, 0.1) is 19.8 Å². The molecule has 0 bridgehead atoms. The van der Waals surface area contributed by atoms with Crippen LogP contribution in [0.15, 0.2) is 0 Å². The van der Waals surface area contributed by atoms with Gasteiger partial charge in [-0.2, -0.15) is 4.52 Å². The Balaban J connectivity index is 4.90. The Hall–Kier alpha value is 0.240. The average Bonchev–Trinajstić information content (AvgIpc) is 2.17. The van der Waals surface area contributed by atoms with Crippen molar-refractivity contribution in [1.29, 1.82) is 0 Å². The van der Waals surface area contributed by atoms with Crippen LogP contribution in [-0.4, -0.2) is 24.9 Å². The van der Waals surface area contributed by atoms with Gasteiger partial charge in [-0.3, -0.25) is 4.57 Å². The van der Waals surface area contributed by atoms with Crippen molar-refractivity contribution in [2.75, 3.05) is 19.8 Å². The van der Waals surface area contributed by atoms with Gasteiger partial charge in [-0.05, 0) is 20.8 Å². The Morgan fingerprint density at radius 3 is 2.00 bits per heavy atom. The highest BCUT2D eigenvalue weighted by molar-refractivity contribution is 7.84. The third-order valence-corrected chi connectivity index (χ3v) is 5.74. The SMILES string of the molecule is CCO[P+]([O-])=C(C)P(=O)(OCC)OCC. The molecule has 0 aromatic carbocycles. The molecule has 0 aliphatic rings. The molecular formula is C8H18O5P2. The molecule has 1 unspecified atom stereocenters. The smallest absolute Gasteiger partial charge is 0.401 e. The van der Waals surface area contributed by atoms with E-state index < -0.39 is 15.6 Å². The fraction of sp³-hybridized carbons (Fsp3) is 0.875. The van der Waals surface area contributed by atoms with E-state index in [0.717, 1.165) is 0 Å². The van der Waals surface area contributed by atoms with E-state index in [4.69, 9.17) is 13.6 Å². The Kier molecular flexibility index (Phi) is 7.62. The van der Waals surface area contributed by atoms with Crippen molar-refractivity contribution in [3.63, 3.8) is 0 Å². The molecule has 0 radical (unpaired) electrons. The number of rotatable bonds is 7. The molecule has 0 spiro atoms. The Labute approximate surface area is 91.8 Å². The fourth-order valence-corrected chi connectivity index (χ4v) is 3.74. The Bertz CT molecular complexity index is 254. The van der Waals surface area contributed by atoms with E-state index >= 15 is 0 Å². The second-order valence-corrected chi connectivity index (χ2v) is 6.53. The first-order chi connectivity index (χ1) is 7.01. The second-order valence-electron chi connectivity index (χ2n) is 2.56. The molecule has 0 heterocycles. The molecule has 0 saturated heterocycles. The van der Waals surface area contributed by atoms with Crippen molar-refractivity contribution < 1.29 is 23.0 Å². The predicted molar refractivity (Wildman–Crippen MR) is 60.1 cm³/mol. The summed E-state index contributed by atoms with van der Waals surface area (Å²) in [5.74, 6) is 0. The van der Waals surface area contributed by atoms with Crippen molar-refractivity contribution in [2.24, 2.45) is 0 Å². The van der Waals surface area contributed by atoms with Gasteiger partial charge in [0.1, 0.15) is 0 Å². The molecule has 7 heteroatoms. The summed E-state index contributed by atoms with van der Waals surface area (Å²) in [5, 5.41) is 0.142. The molecule has 5 nitrogen and oxygen atoms in total. The Morgan fingerprint density at radius 1 is 1.20 bits per heavy atom. The van der Waals surface area contributed by atoms with Crippen LogP contribution in [0.25, 0.3) is 0 Å². The zero-order valence-electron chi connectivity index (χ0n) is 9.56. The van der Waals surface area contributed by atoms with Gasteiger partial charge < -0.3 is 13.9 Å². The van der Waals surface area contributed by atoms with Crippen molar-refractivity contribution in [1.82, 2.24) is 0 Å². The van der Waals surface area contributed by atoms with E-state index in [1.807, 2.05) is 0 Å². The molecular weight excluding hydrogens is 238 g/mol. The largest absolute Gasteiger partial charge is 0.602 e. The van der Waals surface area contributed by atoms with Crippen LogP contribution < -0.4 is 4.89 Å². The van der Waals surface area contributed by atoms with Crippen LogP contribution in [0.4, 0.5) is 0 Å². The van der Waals surface area contributed by atoms with E-state index in [1.54, 1.807) is 20.8 Å². The minimum atomic E-state index is -3.39. The van der Waals surface area contributed by atoms with Crippen LogP contribution in [0.1, 0.15) is 27.7 Å². The molecule has 0 aromatic heterocycles. The quantitative estimate of drug-likeness (QED) is 0.652. The maximum atomic E-state index is 12.1. The van der Waals surface area contributed by atoms with Gasteiger partial charge in [-0.1, -0.05) is 0 Å². The van der Waals surface area contributed by atoms with Gasteiger partial charge in [-0.25, -0.2) is 0 Å². The van der Waals surface area contributed by atoms with E-state index in [2.05, 4.69) is 0 Å². The zero-order valence-corrected chi connectivity index (χ0v) is 11.3. The summed E-state index contributed by atoms with van der Waals surface area (Å²) >= 11 is 0. The van der Waals surface area contributed by atoms with Crippen molar-refractivity contribution >= 4 is 20.6 Å². The third-order valence-electron chi connectivity index (χ3n) is 1.51. The van der Waals surface area contributed by atoms with E-state index in [-0.39, 0.29) is 18.2 Å². The zero-order chi connectivity index (χ0) is 11.9. The van der Waals surface area contributed by atoms with Crippen LogP contribution >= 0.6 is 15.6 Å². The summed E-state index contributed by atoms with van der Waals surface area (Å²) in [6.07, 6.45) is 0. The lowest BCUT2D eigenvalue weighted by atomic mass is 10.9. The van der Waals surface area contributed by atoms with Gasteiger partial charge in [0.15, 0.2) is 0 Å². The predicted octanol–water partition coefficient (Wildman–Crippen LogP) is 2.11. The number of hydrogen-bond acceptors (Lipinski definition) is 5. The van der Waals surface area contributed by atoms with Crippen molar-refractivity contribution in [2.45, 2.75) is 27.7 Å². The van der Waals surface area contributed by atoms with Crippen molar-refractivity contribution in [3.05, 3.63) is 0 Å². The monoisotopic (exact) mass is 256 g/mol. The summed E-state index contributed by atoms with van der Waals surface area (Å²) < 4.78 is 27.0. The molecule has 0 rings (SSSR count). The fourth-order valence-electron chi connectivity index (χ4n) is 0.875. The molecule has 0 saturated carbocycles. The van der Waals surface area contributed by atoms with Crippen molar-refractivity contribution in [3.8, 4) is 0 Å². The highest BCUT2D eigenvalue weighted by atomic mass is 31.2. The van der Waals surface area contributed by atoms with Crippen LogP contribution in [0.5, 0.6) is 0 Å². The van der Waals surface area contributed by atoms with Gasteiger partial charge in [0, 0.05) is 6.92 Å². The minimum Gasteiger partial charge on any atom is -0.602 e. The van der Waals surface area contributed by atoms with Gasteiger partial charge in [0.2, 0.25) is 13.0 Å². The maximum absolute atomic E-state index is 12.1. The van der Waals surface area contributed by atoms with Crippen LogP contribution in [-0.2, 0) is 18.1 Å². The van der Waals surface area contributed by atoms with Gasteiger partial charge in [0.25, 0.3) is 0 Å². The van der Waals surface area contributed by atoms with Crippen LogP contribution in [0.2, 0.25) is 0 Å². The summed E-state index contributed by atoms with van der Waals surface area (Å²) in [6, 6.07) is 0. The van der Waals surface area contributed by atoms with Crippen LogP contribution in [0, 0.1) is 0 Å². The molecule has 0 aliphatic heterocycles. The lowest BCUT2D eigenvalue weighted by Gasteiger charge is -2.15. The highest BCUT2D eigenvalue weighted by Gasteiger charge is 2.34. The van der Waals surface area contributed by atoms with E-state index in [9.17, 15) is 9.46 Å². The molecule has 0 amide bonds. The topological polar surface area (TPSA) is 67.8 Å². The molecule has 1 atom stereocenters. The summed E-state index contributed by atoms with van der Waals surface area (Å²) in [6.45, 7) is 7.37. The molecule has 0 fully saturated rings. The second kappa shape index (κ2) is 7.50. The lowest BCUT2D eigenvalue weighted by molar-refractivity contribution is -0.171. The molecule has 15 heavy (non-hydrogen) atoms. The first-order valence-corrected chi connectivity index (χ1v) is 7.57. The molecule has 0 aromatic rings. The first kappa shape index (κ1) is 15.2. The standard InChI is InChI=1S/C8H18O5P2/c1-5-11-14(9)8(4)15(10,12-6-2)13-7-3/h5-7H2,1-4H3. The summed E-state index contributed by atoms with van der Waals surface area (Å²) in [4.78, 5) is 11.5. The average molecular weight is 256 g/mol. The maximum Gasteiger partial charge on any atom is 0.401 e. The van der Waals surface area contributed by atoms with Gasteiger partial charge in [-0.15, -0.1) is 0 Å². The normalized spacial score (nSPS) is 13.9. The lowest BCUT2D eigenvalue weighted by Crippen LogP contribution is -2.08.